The number of nitrogens with zero attached hydrogens (tertiary/aromatic N) is 1. The standard InChI is InChI=1S/C18H21ClN2O/c1-12-9-18(21-11-16(12)20)22-17-8-7-14(10-15(17)19)13-5-3-2-4-6-13/h7-11,13H,2-6,20H2,1H3. The zero-order chi connectivity index (χ0) is 15.5. The Hall–Kier alpha value is -1.74. The third-order valence-electron chi connectivity index (χ3n) is 4.37. The van der Waals surface area contributed by atoms with Crippen LogP contribution in [0.2, 0.25) is 5.02 Å². The van der Waals surface area contributed by atoms with E-state index in [1.165, 1.54) is 37.7 Å². The Morgan fingerprint density at radius 2 is 1.95 bits per heavy atom. The highest BCUT2D eigenvalue weighted by Crippen LogP contribution is 2.37. The first kappa shape index (κ1) is 15.2. The number of halogens is 1. The fourth-order valence-electron chi connectivity index (χ4n) is 3.00. The van der Waals surface area contributed by atoms with Gasteiger partial charge in [-0.15, -0.1) is 0 Å². The van der Waals surface area contributed by atoms with Crippen molar-refractivity contribution < 1.29 is 4.74 Å². The molecule has 3 rings (SSSR count). The molecule has 0 amide bonds. The first-order chi connectivity index (χ1) is 10.6. The molecule has 0 atom stereocenters. The fourth-order valence-corrected chi connectivity index (χ4v) is 3.23. The van der Waals surface area contributed by atoms with Crippen molar-refractivity contribution in [1.82, 2.24) is 4.98 Å². The summed E-state index contributed by atoms with van der Waals surface area (Å²) in [5.74, 6) is 1.79. The lowest BCUT2D eigenvalue weighted by atomic mass is 9.84. The highest BCUT2D eigenvalue weighted by Gasteiger charge is 2.17. The Bertz CT molecular complexity index is 666. The number of benzene rings is 1. The molecule has 0 spiro atoms. The number of pyridine rings is 1. The molecule has 3 nitrogen and oxygen atoms in total. The highest BCUT2D eigenvalue weighted by molar-refractivity contribution is 6.32. The number of anilines is 1. The molecule has 1 aliphatic carbocycles. The van der Waals surface area contributed by atoms with Crippen LogP contribution >= 0.6 is 11.6 Å². The van der Waals surface area contributed by atoms with Gasteiger partial charge in [0.2, 0.25) is 5.88 Å². The summed E-state index contributed by atoms with van der Waals surface area (Å²) >= 11 is 6.39. The van der Waals surface area contributed by atoms with Crippen LogP contribution in [0.4, 0.5) is 5.69 Å². The van der Waals surface area contributed by atoms with Crippen LogP contribution in [-0.4, -0.2) is 4.98 Å². The third kappa shape index (κ3) is 3.36. The molecule has 1 fully saturated rings. The number of rotatable bonds is 3. The van der Waals surface area contributed by atoms with Gasteiger partial charge in [0, 0.05) is 6.07 Å². The molecule has 2 aromatic rings. The van der Waals surface area contributed by atoms with Crippen molar-refractivity contribution in [2.24, 2.45) is 0 Å². The maximum absolute atomic E-state index is 6.39. The van der Waals surface area contributed by atoms with Crippen molar-refractivity contribution in [2.45, 2.75) is 44.9 Å². The van der Waals surface area contributed by atoms with Gasteiger partial charge in [0.05, 0.1) is 16.9 Å². The Labute approximate surface area is 136 Å². The summed E-state index contributed by atoms with van der Waals surface area (Å²) in [6, 6.07) is 7.93. The summed E-state index contributed by atoms with van der Waals surface area (Å²) in [5.41, 5.74) is 8.69. The summed E-state index contributed by atoms with van der Waals surface area (Å²) < 4.78 is 5.79. The van der Waals surface area contributed by atoms with Gasteiger partial charge >= 0.3 is 0 Å². The predicted molar refractivity (Wildman–Crippen MR) is 90.7 cm³/mol. The Morgan fingerprint density at radius 3 is 2.64 bits per heavy atom. The summed E-state index contributed by atoms with van der Waals surface area (Å²) in [6.45, 7) is 1.93. The zero-order valence-electron chi connectivity index (χ0n) is 12.8. The van der Waals surface area contributed by atoms with E-state index in [9.17, 15) is 0 Å². The van der Waals surface area contributed by atoms with E-state index in [0.29, 0.717) is 28.3 Å². The van der Waals surface area contributed by atoms with Gasteiger partial charge in [-0.2, -0.15) is 0 Å². The third-order valence-corrected chi connectivity index (χ3v) is 4.67. The van der Waals surface area contributed by atoms with Crippen LogP contribution < -0.4 is 10.5 Å². The van der Waals surface area contributed by atoms with E-state index in [0.717, 1.165) is 5.56 Å². The summed E-state index contributed by atoms with van der Waals surface area (Å²) in [7, 11) is 0. The number of hydrogen-bond donors (Lipinski definition) is 1. The Kier molecular flexibility index (Phi) is 4.53. The van der Waals surface area contributed by atoms with Gasteiger partial charge < -0.3 is 10.5 Å². The molecular formula is C18H21ClN2O. The maximum Gasteiger partial charge on any atom is 0.219 e. The molecule has 0 saturated heterocycles. The van der Waals surface area contributed by atoms with Crippen molar-refractivity contribution in [3.05, 3.63) is 46.6 Å². The average Bonchev–Trinajstić information content (AvgIpc) is 2.54. The van der Waals surface area contributed by atoms with Crippen LogP contribution in [0.25, 0.3) is 0 Å². The van der Waals surface area contributed by atoms with Crippen LogP contribution in [0.3, 0.4) is 0 Å². The minimum absolute atomic E-state index is 0.513. The van der Waals surface area contributed by atoms with E-state index < -0.39 is 0 Å². The molecule has 22 heavy (non-hydrogen) atoms. The van der Waals surface area contributed by atoms with Gasteiger partial charge in [-0.3, -0.25) is 0 Å². The van der Waals surface area contributed by atoms with Gasteiger partial charge in [-0.1, -0.05) is 36.9 Å². The first-order valence-corrected chi connectivity index (χ1v) is 8.20. The second-order valence-corrected chi connectivity index (χ2v) is 6.41. The van der Waals surface area contributed by atoms with Crippen molar-refractivity contribution in [3.8, 4) is 11.6 Å². The van der Waals surface area contributed by atoms with Gasteiger partial charge in [0.25, 0.3) is 0 Å². The van der Waals surface area contributed by atoms with Crippen LogP contribution in [-0.2, 0) is 0 Å². The van der Waals surface area contributed by atoms with Crippen molar-refractivity contribution in [3.63, 3.8) is 0 Å². The molecular weight excluding hydrogens is 296 g/mol. The molecule has 1 aromatic heterocycles. The number of nitrogens with two attached hydrogens (primary N) is 1. The van der Waals surface area contributed by atoms with Crippen molar-refractivity contribution in [2.75, 3.05) is 5.73 Å². The van der Waals surface area contributed by atoms with E-state index in [-0.39, 0.29) is 0 Å². The minimum Gasteiger partial charge on any atom is -0.437 e. The molecule has 2 N–H and O–H groups in total. The van der Waals surface area contributed by atoms with Crippen LogP contribution in [0.15, 0.2) is 30.5 Å². The average molecular weight is 317 g/mol. The highest BCUT2D eigenvalue weighted by atomic mass is 35.5. The molecule has 1 saturated carbocycles. The molecule has 0 bridgehead atoms. The minimum atomic E-state index is 0.513. The van der Waals surface area contributed by atoms with E-state index in [2.05, 4.69) is 11.1 Å². The summed E-state index contributed by atoms with van der Waals surface area (Å²) in [6.07, 6.45) is 8.11. The van der Waals surface area contributed by atoms with Crippen molar-refractivity contribution in [1.29, 1.82) is 0 Å². The van der Waals surface area contributed by atoms with E-state index in [1.807, 2.05) is 25.1 Å². The molecule has 1 aliphatic rings. The van der Waals surface area contributed by atoms with Gasteiger partial charge in [-0.25, -0.2) is 4.98 Å². The molecule has 0 unspecified atom stereocenters. The van der Waals surface area contributed by atoms with Gasteiger partial charge in [-0.05, 0) is 48.9 Å². The number of aryl methyl sites for hydroxylation is 1. The summed E-state index contributed by atoms with van der Waals surface area (Å²) in [4.78, 5) is 4.18. The second kappa shape index (κ2) is 6.57. The second-order valence-electron chi connectivity index (χ2n) is 6.01. The smallest absolute Gasteiger partial charge is 0.219 e. The number of ether oxygens (including phenoxy) is 1. The molecule has 1 heterocycles. The van der Waals surface area contributed by atoms with Crippen LogP contribution in [0.5, 0.6) is 11.6 Å². The Morgan fingerprint density at radius 1 is 1.18 bits per heavy atom. The number of hydrogen-bond acceptors (Lipinski definition) is 3. The van der Waals surface area contributed by atoms with Crippen LogP contribution in [0.1, 0.15) is 49.1 Å². The molecule has 0 radical (unpaired) electrons. The van der Waals surface area contributed by atoms with E-state index in [1.54, 1.807) is 6.20 Å². The van der Waals surface area contributed by atoms with Crippen LogP contribution in [0, 0.1) is 6.92 Å². The van der Waals surface area contributed by atoms with E-state index >= 15 is 0 Å². The zero-order valence-corrected chi connectivity index (χ0v) is 13.6. The molecule has 1 aromatic carbocycles. The number of aromatic nitrogens is 1. The summed E-state index contributed by atoms with van der Waals surface area (Å²) in [5, 5.41) is 0.638. The molecule has 4 heteroatoms. The lowest BCUT2D eigenvalue weighted by Gasteiger charge is -2.22. The quantitative estimate of drug-likeness (QED) is 0.817. The van der Waals surface area contributed by atoms with Gasteiger partial charge in [0.1, 0.15) is 5.75 Å². The topological polar surface area (TPSA) is 48.1 Å². The SMILES string of the molecule is Cc1cc(Oc2ccc(C3CCCCC3)cc2Cl)ncc1N. The first-order valence-electron chi connectivity index (χ1n) is 7.83. The lowest BCUT2D eigenvalue weighted by Crippen LogP contribution is -2.04. The fraction of sp³-hybridized carbons (Fsp3) is 0.389. The largest absolute Gasteiger partial charge is 0.437 e. The normalized spacial score (nSPS) is 15.7. The van der Waals surface area contributed by atoms with E-state index in [4.69, 9.17) is 22.1 Å². The van der Waals surface area contributed by atoms with Gasteiger partial charge in [0.15, 0.2) is 0 Å². The Balaban J connectivity index is 1.78. The molecule has 0 aliphatic heterocycles. The lowest BCUT2D eigenvalue weighted by molar-refractivity contribution is 0.441. The molecule has 116 valence electrons. The predicted octanol–water partition coefficient (Wildman–Crippen LogP) is 5.47. The van der Waals surface area contributed by atoms with Crippen molar-refractivity contribution >= 4 is 17.3 Å². The maximum atomic E-state index is 6.39. The number of nitrogen functional groups attached to an aromatic ring is 1. The monoisotopic (exact) mass is 316 g/mol.